The van der Waals surface area contributed by atoms with E-state index in [0.29, 0.717) is 18.2 Å². The van der Waals surface area contributed by atoms with E-state index >= 15 is 0 Å². The van der Waals surface area contributed by atoms with E-state index in [1.807, 2.05) is 29.9 Å². The van der Waals surface area contributed by atoms with Gasteiger partial charge >= 0.3 is 0 Å². The van der Waals surface area contributed by atoms with Crippen molar-refractivity contribution in [1.82, 2.24) is 25.4 Å². The second-order valence-electron chi connectivity index (χ2n) is 6.31. The number of ether oxygens (including phenoxy) is 1. The summed E-state index contributed by atoms with van der Waals surface area (Å²) in [5.41, 5.74) is 0.949. The number of guanidine groups is 1. The SMILES string of the molecule is CCNC(=NCc1ccc(Oc2cccc(F)c2)nc1)NCCCn1cccn1. The van der Waals surface area contributed by atoms with Crippen molar-refractivity contribution in [3.8, 4) is 11.6 Å². The standard InChI is InChI=1S/C21H25FN6O/c1-2-23-21(24-10-4-12-28-13-5-11-27-28)26-16-17-8-9-20(25-15-17)29-19-7-3-6-18(22)14-19/h3,5-9,11,13-15H,2,4,10,12,16H2,1H3,(H2,23,24,26). The fourth-order valence-corrected chi connectivity index (χ4v) is 2.61. The first-order valence-corrected chi connectivity index (χ1v) is 9.61. The summed E-state index contributed by atoms with van der Waals surface area (Å²) in [4.78, 5) is 8.85. The van der Waals surface area contributed by atoms with Crippen LogP contribution in [0, 0.1) is 5.82 Å². The normalized spacial score (nSPS) is 11.3. The fourth-order valence-electron chi connectivity index (χ4n) is 2.61. The topological polar surface area (TPSA) is 76.4 Å². The number of halogens is 1. The van der Waals surface area contributed by atoms with Crippen LogP contribution in [0.1, 0.15) is 18.9 Å². The molecule has 0 saturated heterocycles. The van der Waals surface area contributed by atoms with E-state index in [-0.39, 0.29) is 5.82 Å². The lowest BCUT2D eigenvalue weighted by Gasteiger charge is -2.11. The molecule has 0 spiro atoms. The second kappa shape index (κ2) is 10.8. The van der Waals surface area contributed by atoms with Crippen LogP contribution in [-0.2, 0) is 13.1 Å². The summed E-state index contributed by atoms with van der Waals surface area (Å²) in [5, 5.41) is 10.7. The van der Waals surface area contributed by atoms with Crippen molar-refractivity contribution in [2.75, 3.05) is 13.1 Å². The van der Waals surface area contributed by atoms with Gasteiger partial charge in [-0.25, -0.2) is 14.4 Å². The molecule has 0 radical (unpaired) electrons. The number of nitrogens with zero attached hydrogens (tertiary/aromatic N) is 4. The summed E-state index contributed by atoms with van der Waals surface area (Å²) in [5.74, 6) is 1.23. The molecular weight excluding hydrogens is 371 g/mol. The molecule has 0 atom stereocenters. The minimum absolute atomic E-state index is 0.346. The molecule has 0 fully saturated rings. The number of nitrogens with one attached hydrogen (secondary N) is 2. The maximum atomic E-state index is 13.2. The van der Waals surface area contributed by atoms with E-state index in [9.17, 15) is 4.39 Å². The van der Waals surface area contributed by atoms with Crippen LogP contribution < -0.4 is 15.4 Å². The lowest BCUT2D eigenvalue weighted by molar-refractivity contribution is 0.457. The van der Waals surface area contributed by atoms with Crippen LogP contribution in [0.5, 0.6) is 11.6 Å². The highest BCUT2D eigenvalue weighted by Crippen LogP contribution is 2.20. The third-order valence-corrected chi connectivity index (χ3v) is 4.00. The first-order chi connectivity index (χ1) is 14.2. The minimum atomic E-state index is -0.346. The molecule has 0 bridgehead atoms. The van der Waals surface area contributed by atoms with Crippen molar-refractivity contribution in [2.45, 2.75) is 26.4 Å². The van der Waals surface area contributed by atoms with Crippen molar-refractivity contribution < 1.29 is 9.13 Å². The quantitative estimate of drug-likeness (QED) is 0.330. The Kier molecular flexibility index (Phi) is 7.56. The molecule has 0 amide bonds. The maximum absolute atomic E-state index is 13.2. The summed E-state index contributed by atoms with van der Waals surface area (Å²) >= 11 is 0. The predicted octanol–water partition coefficient (Wildman–Crippen LogP) is 3.35. The van der Waals surface area contributed by atoms with E-state index in [2.05, 4.69) is 25.7 Å². The van der Waals surface area contributed by atoms with Gasteiger partial charge < -0.3 is 15.4 Å². The molecule has 29 heavy (non-hydrogen) atoms. The number of benzene rings is 1. The Labute approximate surface area is 169 Å². The smallest absolute Gasteiger partial charge is 0.219 e. The summed E-state index contributed by atoms with van der Waals surface area (Å²) in [6.45, 7) is 4.95. The molecule has 2 N–H and O–H groups in total. The summed E-state index contributed by atoms with van der Waals surface area (Å²) in [6, 6.07) is 11.5. The zero-order chi connectivity index (χ0) is 20.3. The molecule has 3 aromatic rings. The van der Waals surface area contributed by atoms with Gasteiger partial charge in [-0.15, -0.1) is 0 Å². The highest BCUT2D eigenvalue weighted by atomic mass is 19.1. The number of rotatable bonds is 9. The minimum Gasteiger partial charge on any atom is -0.439 e. The molecule has 2 heterocycles. The van der Waals surface area contributed by atoms with E-state index in [1.54, 1.807) is 30.6 Å². The number of pyridine rings is 1. The molecule has 0 saturated carbocycles. The van der Waals surface area contributed by atoms with Crippen molar-refractivity contribution >= 4 is 5.96 Å². The Morgan fingerprint density at radius 3 is 2.86 bits per heavy atom. The maximum Gasteiger partial charge on any atom is 0.219 e. The van der Waals surface area contributed by atoms with Gasteiger partial charge in [-0.3, -0.25) is 4.68 Å². The van der Waals surface area contributed by atoms with Gasteiger partial charge in [0.05, 0.1) is 6.54 Å². The Morgan fingerprint density at radius 2 is 2.14 bits per heavy atom. The van der Waals surface area contributed by atoms with Crippen LogP contribution in [0.15, 0.2) is 66.0 Å². The molecule has 0 aliphatic rings. The monoisotopic (exact) mass is 396 g/mol. The number of hydrogen-bond donors (Lipinski definition) is 2. The zero-order valence-corrected chi connectivity index (χ0v) is 16.4. The fraction of sp³-hybridized carbons (Fsp3) is 0.286. The molecule has 8 heteroatoms. The van der Waals surface area contributed by atoms with Crippen LogP contribution >= 0.6 is 0 Å². The summed E-state index contributed by atoms with van der Waals surface area (Å²) < 4.78 is 20.7. The number of aliphatic imine (C=N–C) groups is 1. The number of hydrogen-bond acceptors (Lipinski definition) is 4. The Morgan fingerprint density at radius 1 is 1.21 bits per heavy atom. The average molecular weight is 396 g/mol. The van der Waals surface area contributed by atoms with E-state index < -0.39 is 0 Å². The van der Waals surface area contributed by atoms with Crippen molar-refractivity contribution in [3.05, 3.63) is 72.4 Å². The molecule has 7 nitrogen and oxygen atoms in total. The predicted molar refractivity (Wildman–Crippen MR) is 110 cm³/mol. The third kappa shape index (κ3) is 6.91. The molecule has 0 unspecified atom stereocenters. The van der Waals surface area contributed by atoms with Crippen molar-refractivity contribution in [2.24, 2.45) is 4.99 Å². The van der Waals surface area contributed by atoms with Crippen molar-refractivity contribution in [3.63, 3.8) is 0 Å². The lowest BCUT2D eigenvalue weighted by atomic mass is 10.3. The van der Waals surface area contributed by atoms with Crippen LogP contribution in [0.25, 0.3) is 0 Å². The molecule has 152 valence electrons. The van der Waals surface area contributed by atoms with Gasteiger partial charge in [0.25, 0.3) is 0 Å². The van der Waals surface area contributed by atoms with Crippen molar-refractivity contribution in [1.29, 1.82) is 0 Å². The van der Waals surface area contributed by atoms with Gasteiger partial charge in [0.15, 0.2) is 5.96 Å². The highest BCUT2D eigenvalue weighted by molar-refractivity contribution is 5.79. The Hall–Kier alpha value is -3.42. The molecule has 2 aromatic heterocycles. The van der Waals surface area contributed by atoms with Gasteiger partial charge in [-0.1, -0.05) is 12.1 Å². The van der Waals surface area contributed by atoms with Crippen LogP contribution in [0.4, 0.5) is 4.39 Å². The van der Waals surface area contributed by atoms with E-state index in [1.165, 1.54) is 12.1 Å². The number of aryl methyl sites for hydroxylation is 1. The first-order valence-electron chi connectivity index (χ1n) is 9.61. The van der Waals surface area contributed by atoms with Gasteiger partial charge in [0.1, 0.15) is 11.6 Å². The third-order valence-electron chi connectivity index (χ3n) is 4.00. The highest BCUT2D eigenvalue weighted by Gasteiger charge is 2.02. The molecule has 1 aromatic carbocycles. The molecule has 0 aliphatic carbocycles. The van der Waals surface area contributed by atoms with E-state index in [0.717, 1.165) is 37.6 Å². The number of aromatic nitrogens is 3. The second-order valence-corrected chi connectivity index (χ2v) is 6.31. The molecular formula is C21H25FN6O. The summed E-state index contributed by atoms with van der Waals surface area (Å²) in [7, 11) is 0. The van der Waals surface area contributed by atoms with Gasteiger partial charge in [-0.2, -0.15) is 5.10 Å². The average Bonchev–Trinajstić information content (AvgIpc) is 3.24. The van der Waals surface area contributed by atoms with Crippen LogP contribution in [-0.4, -0.2) is 33.8 Å². The van der Waals surface area contributed by atoms with Gasteiger partial charge in [0, 0.05) is 50.4 Å². The zero-order valence-electron chi connectivity index (χ0n) is 16.4. The van der Waals surface area contributed by atoms with E-state index in [4.69, 9.17) is 4.74 Å². The Balaban J connectivity index is 1.49. The lowest BCUT2D eigenvalue weighted by Crippen LogP contribution is -2.38. The van der Waals surface area contributed by atoms with Crippen LogP contribution in [0.3, 0.4) is 0 Å². The van der Waals surface area contributed by atoms with Crippen LogP contribution in [0.2, 0.25) is 0 Å². The summed E-state index contributed by atoms with van der Waals surface area (Å²) in [6.07, 6.45) is 6.38. The van der Waals surface area contributed by atoms with Gasteiger partial charge in [-0.05, 0) is 37.1 Å². The van der Waals surface area contributed by atoms with Gasteiger partial charge in [0.2, 0.25) is 5.88 Å². The largest absolute Gasteiger partial charge is 0.439 e. The molecule has 3 rings (SSSR count). The molecule has 0 aliphatic heterocycles. The first kappa shape index (κ1) is 20.3. The Bertz CT molecular complexity index is 896.